The number of nitrogens with two attached hydrogens (primary N) is 1. The van der Waals surface area contributed by atoms with E-state index in [-0.39, 0.29) is 11.4 Å². The van der Waals surface area contributed by atoms with Gasteiger partial charge in [0.25, 0.3) is 0 Å². The zero-order valence-electron chi connectivity index (χ0n) is 10.5. The molecule has 0 aliphatic heterocycles. The van der Waals surface area contributed by atoms with Crippen molar-refractivity contribution in [1.29, 1.82) is 0 Å². The second-order valence-corrected chi connectivity index (χ2v) is 4.72. The van der Waals surface area contributed by atoms with Crippen LogP contribution in [-0.2, 0) is 16.1 Å². The van der Waals surface area contributed by atoms with Crippen LogP contribution < -0.4 is 10.6 Å². The van der Waals surface area contributed by atoms with Crippen molar-refractivity contribution < 1.29 is 9.53 Å². The lowest BCUT2D eigenvalue weighted by Crippen LogP contribution is -2.21. The average molecular weight is 278 g/mol. The second kappa shape index (κ2) is 5.71. The number of carbonyl (C=O) groups excluding carboxylic acids is 1. The fraction of sp³-hybridized carbons (Fsp3) is 0.231. The van der Waals surface area contributed by atoms with Crippen molar-refractivity contribution in [3.63, 3.8) is 0 Å². The SMILES string of the molecule is CCOC(=O)Cn1c(-c2ccc(N)cc2)csc1=O. The molecule has 1 aromatic heterocycles. The van der Waals surface area contributed by atoms with Gasteiger partial charge in [-0.15, -0.1) is 0 Å². The molecule has 0 saturated carbocycles. The highest BCUT2D eigenvalue weighted by Gasteiger charge is 2.12. The Morgan fingerprint density at radius 2 is 2.05 bits per heavy atom. The normalized spacial score (nSPS) is 10.4. The summed E-state index contributed by atoms with van der Waals surface area (Å²) in [5.74, 6) is -0.417. The summed E-state index contributed by atoms with van der Waals surface area (Å²) in [6.45, 7) is 1.96. The first kappa shape index (κ1) is 13.4. The van der Waals surface area contributed by atoms with E-state index in [0.29, 0.717) is 18.0 Å². The van der Waals surface area contributed by atoms with Gasteiger partial charge in [0.05, 0.1) is 12.3 Å². The number of nitrogens with zero attached hydrogens (tertiary/aromatic N) is 1. The van der Waals surface area contributed by atoms with Gasteiger partial charge in [-0.05, 0) is 24.6 Å². The van der Waals surface area contributed by atoms with Gasteiger partial charge in [0.15, 0.2) is 0 Å². The molecule has 5 nitrogen and oxygen atoms in total. The number of esters is 1. The van der Waals surface area contributed by atoms with Crippen molar-refractivity contribution in [2.75, 3.05) is 12.3 Å². The summed E-state index contributed by atoms with van der Waals surface area (Å²) in [5, 5.41) is 1.73. The molecule has 0 unspecified atom stereocenters. The molecule has 0 amide bonds. The molecule has 0 aliphatic rings. The van der Waals surface area contributed by atoms with Gasteiger partial charge in [-0.25, -0.2) is 0 Å². The van der Waals surface area contributed by atoms with Crippen LogP contribution in [-0.4, -0.2) is 17.1 Å². The van der Waals surface area contributed by atoms with E-state index < -0.39 is 5.97 Å². The number of aromatic nitrogens is 1. The summed E-state index contributed by atoms with van der Waals surface area (Å²) >= 11 is 1.06. The van der Waals surface area contributed by atoms with Gasteiger partial charge in [0, 0.05) is 11.1 Å². The number of carbonyl (C=O) groups is 1. The van der Waals surface area contributed by atoms with Crippen LogP contribution in [0.15, 0.2) is 34.4 Å². The zero-order valence-corrected chi connectivity index (χ0v) is 11.3. The van der Waals surface area contributed by atoms with Gasteiger partial charge >= 0.3 is 10.8 Å². The number of nitrogen functional groups attached to an aromatic ring is 1. The number of ether oxygens (including phenoxy) is 1. The molecule has 0 radical (unpaired) electrons. The van der Waals surface area contributed by atoms with E-state index in [1.54, 1.807) is 24.4 Å². The summed E-state index contributed by atoms with van der Waals surface area (Å²) in [6.07, 6.45) is 0. The fourth-order valence-electron chi connectivity index (χ4n) is 1.70. The van der Waals surface area contributed by atoms with Gasteiger partial charge in [-0.3, -0.25) is 14.2 Å². The zero-order chi connectivity index (χ0) is 13.8. The Labute approximate surface area is 114 Å². The molecule has 19 heavy (non-hydrogen) atoms. The van der Waals surface area contributed by atoms with Gasteiger partial charge < -0.3 is 10.5 Å². The maximum absolute atomic E-state index is 11.8. The van der Waals surface area contributed by atoms with Crippen LogP contribution in [0.5, 0.6) is 0 Å². The van der Waals surface area contributed by atoms with Crippen molar-refractivity contribution in [2.24, 2.45) is 0 Å². The van der Waals surface area contributed by atoms with Crippen molar-refractivity contribution in [1.82, 2.24) is 4.57 Å². The molecule has 100 valence electrons. The Morgan fingerprint density at radius 3 is 2.68 bits per heavy atom. The van der Waals surface area contributed by atoms with Crippen LogP contribution in [0.1, 0.15) is 6.92 Å². The Kier molecular flexibility index (Phi) is 4.01. The molecule has 6 heteroatoms. The van der Waals surface area contributed by atoms with Gasteiger partial charge in [-0.1, -0.05) is 23.5 Å². The molecular weight excluding hydrogens is 264 g/mol. The van der Waals surface area contributed by atoms with E-state index in [1.807, 2.05) is 12.1 Å². The summed E-state index contributed by atoms with van der Waals surface area (Å²) in [4.78, 5) is 23.1. The molecule has 2 aromatic rings. The molecule has 0 bridgehead atoms. The largest absolute Gasteiger partial charge is 0.465 e. The van der Waals surface area contributed by atoms with Gasteiger partial charge in [0.2, 0.25) is 0 Å². The molecular formula is C13H14N2O3S. The molecule has 0 spiro atoms. The third-order valence-electron chi connectivity index (χ3n) is 2.58. The highest BCUT2D eigenvalue weighted by atomic mass is 32.1. The predicted molar refractivity (Wildman–Crippen MR) is 75.1 cm³/mol. The van der Waals surface area contributed by atoms with E-state index in [2.05, 4.69) is 0 Å². The maximum Gasteiger partial charge on any atom is 0.326 e. The second-order valence-electron chi connectivity index (χ2n) is 3.90. The number of anilines is 1. The minimum Gasteiger partial charge on any atom is -0.465 e. The van der Waals surface area contributed by atoms with Crippen molar-refractivity contribution >= 4 is 23.0 Å². The minimum absolute atomic E-state index is 0.0735. The Bertz CT molecular complexity index is 628. The lowest BCUT2D eigenvalue weighted by atomic mass is 10.1. The molecule has 2 rings (SSSR count). The smallest absolute Gasteiger partial charge is 0.326 e. The number of rotatable bonds is 4. The lowest BCUT2D eigenvalue weighted by Gasteiger charge is -2.07. The molecule has 1 aromatic carbocycles. The standard InChI is InChI=1S/C13H14N2O3S/c1-2-18-12(16)7-15-11(8-19-13(15)17)9-3-5-10(14)6-4-9/h3-6,8H,2,7,14H2,1H3. The molecule has 1 heterocycles. The topological polar surface area (TPSA) is 74.3 Å². The summed E-state index contributed by atoms with van der Waals surface area (Å²) in [5.41, 5.74) is 7.82. The van der Waals surface area contributed by atoms with Crippen LogP contribution in [0.25, 0.3) is 11.3 Å². The van der Waals surface area contributed by atoms with Crippen LogP contribution >= 0.6 is 11.3 Å². The predicted octanol–water partition coefficient (Wildman–Crippen LogP) is 1.72. The van der Waals surface area contributed by atoms with E-state index in [0.717, 1.165) is 16.9 Å². The quantitative estimate of drug-likeness (QED) is 0.682. The highest BCUT2D eigenvalue weighted by molar-refractivity contribution is 7.07. The van der Waals surface area contributed by atoms with Crippen LogP contribution in [0, 0.1) is 0 Å². The molecule has 0 atom stereocenters. The third-order valence-corrected chi connectivity index (χ3v) is 3.34. The minimum atomic E-state index is -0.417. The van der Waals surface area contributed by atoms with Crippen LogP contribution in [0.2, 0.25) is 0 Å². The Hall–Kier alpha value is -2.08. The molecule has 0 saturated heterocycles. The van der Waals surface area contributed by atoms with Crippen molar-refractivity contribution in [3.8, 4) is 11.3 Å². The molecule has 0 fully saturated rings. The van der Waals surface area contributed by atoms with Gasteiger partial charge in [-0.2, -0.15) is 0 Å². The average Bonchev–Trinajstić information content (AvgIpc) is 2.73. The summed E-state index contributed by atoms with van der Waals surface area (Å²) in [6, 6.07) is 7.15. The van der Waals surface area contributed by atoms with Crippen molar-refractivity contribution in [2.45, 2.75) is 13.5 Å². The Balaban J connectivity index is 2.34. The molecule has 0 aliphatic carbocycles. The number of hydrogen-bond donors (Lipinski definition) is 1. The van der Waals surface area contributed by atoms with Crippen molar-refractivity contribution in [3.05, 3.63) is 39.3 Å². The van der Waals surface area contributed by atoms with Crippen LogP contribution in [0.3, 0.4) is 0 Å². The lowest BCUT2D eigenvalue weighted by molar-refractivity contribution is -0.143. The number of hydrogen-bond acceptors (Lipinski definition) is 5. The summed E-state index contributed by atoms with van der Waals surface area (Å²) in [7, 11) is 0. The van der Waals surface area contributed by atoms with Gasteiger partial charge in [0.1, 0.15) is 6.54 Å². The number of benzene rings is 1. The maximum atomic E-state index is 11.8. The fourth-order valence-corrected chi connectivity index (χ4v) is 2.46. The van der Waals surface area contributed by atoms with E-state index in [9.17, 15) is 9.59 Å². The number of thiazole rings is 1. The Morgan fingerprint density at radius 1 is 1.37 bits per heavy atom. The first-order valence-corrected chi connectivity index (χ1v) is 6.69. The third kappa shape index (κ3) is 3.03. The molecule has 2 N–H and O–H groups in total. The van der Waals surface area contributed by atoms with Crippen LogP contribution in [0.4, 0.5) is 5.69 Å². The monoisotopic (exact) mass is 278 g/mol. The van der Waals surface area contributed by atoms with E-state index in [4.69, 9.17) is 10.5 Å². The first-order chi connectivity index (χ1) is 9.11. The summed E-state index contributed by atoms with van der Waals surface area (Å²) < 4.78 is 6.28. The highest BCUT2D eigenvalue weighted by Crippen LogP contribution is 2.21. The van der Waals surface area contributed by atoms with E-state index >= 15 is 0 Å². The first-order valence-electron chi connectivity index (χ1n) is 5.81. The van der Waals surface area contributed by atoms with E-state index in [1.165, 1.54) is 4.57 Å².